The summed E-state index contributed by atoms with van der Waals surface area (Å²) >= 11 is 0. The summed E-state index contributed by atoms with van der Waals surface area (Å²) < 4.78 is 5.32. The second-order valence-electron chi connectivity index (χ2n) is 3.14. The SMILES string of the molecule is CC1OC1S(C)(C)C. The lowest BCUT2D eigenvalue weighted by Gasteiger charge is -2.21. The molecular weight excluding hydrogens is 120 g/mol. The normalized spacial score (nSPS) is 39.5. The second kappa shape index (κ2) is 1.64. The quantitative estimate of drug-likeness (QED) is 0.494. The van der Waals surface area contributed by atoms with Gasteiger partial charge in [-0.2, -0.15) is 0 Å². The average molecular weight is 134 g/mol. The molecule has 0 bridgehead atoms. The maximum Gasteiger partial charge on any atom is 0.114 e. The molecule has 2 heteroatoms. The van der Waals surface area contributed by atoms with E-state index in [1.54, 1.807) is 0 Å². The van der Waals surface area contributed by atoms with E-state index in [0.717, 1.165) is 0 Å². The Labute approximate surface area is 52.7 Å². The first-order chi connectivity index (χ1) is 3.52. The van der Waals surface area contributed by atoms with Crippen LogP contribution in [0.25, 0.3) is 0 Å². The van der Waals surface area contributed by atoms with Gasteiger partial charge in [0, 0.05) is 0 Å². The first-order valence-electron chi connectivity index (χ1n) is 2.84. The van der Waals surface area contributed by atoms with Gasteiger partial charge in [0.2, 0.25) is 0 Å². The van der Waals surface area contributed by atoms with Crippen LogP contribution in [0, 0.1) is 0 Å². The fourth-order valence-corrected chi connectivity index (χ4v) is 2.57. The number of rotatable bonds is 1. The van der Waals surface area contributed by atoms with Crippen molar-refractivity contribution in [1.82, 2.24) is 0 Å². The zero-order valence-electron chi connectivity index (χ0n) is 5.97. The van der Waals surface area contributed by atoms with Gasteiger partial charge in [-0.3, -0.25) is 0 Å². The zero-order chi connectivity index (χ0) is 6.36. The lowest BCUT2D eigenvalue weighted by molar-refractivity contribution is 0.412. The second-order valence-corrected chi connectivity index (χ2v) is 7.47. The summed E-state index contributed by atoms with van der Waals surface area (Å²) in [5.74, 6) is 0. The highest BCUT2D eigenvalue weighted by atomic mass is 32.3. The Bertz CT molecular complexity index is 95.2. The van der Waals surface area contributed by atoms with Gasteiger partial charge < -0.3 is 4.74 Å². The molecule has 1 saturated heterocycles. The molecule has 2 atom stereocenters. The molecule has 2 unspecified atom stereocenters. The summed E-state index contributed by atoms with van der Waals surface area (Å²) in [6.45, 7) is 2.14. The van der Waals surface area contributed by atoms with Crippen LogP contribution in [0.1, 0.15) is 6.92 Å². The molecule has 0 radical (unpaired) electrons. The van der Waals surface area contributed by atoms with Crippen LogP contribution in [0.3, 0.4) is 0 Å². The lowest BCUT2D eigenvalue weighted by atomic mass is 10.6. The Kier molecular flexibility index (Phi) is 1.32. The van der Waals surface area contributed by atoms with Crippen molar-refractivity contribution in [3.8, 4) is 0 Å². The van der Waals surface area contributed by atoms with Gasteiger partial charge in [0.15, 0.2) is 0 Å². The Balaban J connectivity index is 2.39. The largest absolute Gasteiger partial charge is 0.360 e. The van der Waals surface area contributed by atoms with Crippen LogP contribution in [0.5, 0.6) is 0 Å². The van der Waals surface area contributed by atoms with Crippen LogP contribution < -0.4 is 0 Å². The minimum absolute atomic E-state index is 0.401. The summed E-state index contributed by atoms with van der Waals surface area (Å²) in [6.07, 6.45) is 7.42. The highest BCUT2D eigenvalue weighted by molar-refractivity contribution is 8.32. The molecular formula is C6H14OS. The van der Waals surface area contributed by atoms with Crippen LogP contribution in [-0.2, 0) is 4.74 Å². The Morgan fingerprint density at radius 2 is 1.62 bits per heavy atom. The van der Waals surface area contributed by atoms with Crippen molar-refractivity contribution < 1.29 is 4.74 Å². The van der Waals surface area contributed by atoms with Crippen LogP contribution in [0.4, 0.5) is 0 Å². The fourth-order valence-electron chi connectivity index (χ4n) is 0.908. The van der Waals surface area contributed by atoms with E-state index in [2.05, 4.69) is 25.7 Å². The van der Waals surface area contributed by atoms with Gasteiger partial charge in [0.25, 0.3) is 0 Å². The number of epoxide rings is 1. The molecule has 1 fully saturated rings. The van der Waals surface area contributed by atoms with Gasteiger partial charge in [0.05, 0.1) is 6.10 Å². The molecule has 0 saturated carbocycles. The Morgan fingerprint density at radius 3 is 1.62 bits per heavy atom. The topological polar surface area (TPSA) is 12.5 Å². The third-order valence-corrected chi connectivity index (χ3v) is 3.24. The van der Waals surface area contributed by atoms with Gasteiger partial charge in [-0.05, 0) is 25.7 Å². The smallest absolute Gasteiger partial charge is 0.114 e. The summed E-state index contributed by atoms with van der Waals surface area (Å²) in [5, 5.41) is 0. The summed E-state index contributed by atoms with van der Waals surface area (Å²) in [4.78, 5) is 0. The average Bonchev–Trinajstić information content (AvgIpc) is 2.13. The molecule has 0 N–H and O–H groups in total. The Hall–Kier alpha value is 0.310. The van der Waals surface area contributed by atoms with E-state index < -0.39 is 10.0 Å². The van der Waals surface area contributed by atoms with Crippen molar-refractivity contribution in [3.05, 3.63) is 0 Å². The molecule has 0 aliphatic carbocycles. The molecule has 0 amide bonds. The van der Waals surface area contributed by atoms with E-state index >= 15 is 0 Å². The number of ether oxygens (including phenoxy) is 1. The predicted octanol–water partition coefficient (Wildman–Crippen LogP) is 1.43. The maximum atomic E-state index is 5.32. The lowest BCUT2D eigenvalue weighted by Crippen LogP contribution is -2.01. The molecule has 1 nitrogen and oxygen atoms in total. The zero-order valence-corrected chi connectivity index (χ0v) is 6.79. The molecule has 0 aromatic rings. The third kappa shape index (κ3) is 1.17. The van der Waals surface area contributed by atoms with Crippen molar-refractivity contribution in [2.45, 2.75) is 18.5 Å². The minimum Gasteiger partial charge on any atom is -0.360 e. The first kappa shape index (κ1) is 6.43. The molecule has 1 aliphatic heterocycles. The fraction of sp³-hybridized carbons (Fsp3) is 1.00. The molecule has 50 valence electrons. The van der Waals surface area contributed by atoms with Gasteiger partial charge in [-0.15, -0.1) is 0 Å². The number of hydrogen-bond acceptors (Lipinski definition) is 1. The Morgan fingerprint density at radius 1 is 1.25 bits per heavy atom. The van der Waals surface area contributed by atoms with Gasteiger partial charge >= 0.3 is 0 Å². The molecule has 8 heavy (non-hydrogen) atoms. The predicted molar refractivity (Wildman–Crippen MR) is 39.7 cm³/mol. The van der Waals surface area contributed by atoms with Crippen LogP contribution in [0.15, 0.2) is 0 Å². The minimum atomic E-state index is -0.401. The summed E-state index contributed by atoms with van der Waals surface area (Å²) in [7, 11) is -0.401. The molecule has 1 rings (SSSR count). The van der Waals surface area contributed by atoms with Crippen molar-refractivity contribution in [2.24, 2.45) is 0 Å². The van der Waals surface area contributed by atoms with E-state index in [1.807, 2.05) is 0 Å². The van der Waals surface area contributed by atoms with Gasteiger partial charge in [-0.1, -0.05) is 0 Å². The van der Waals surface area contributed by atoms with Crippen LogP contribution >= 0.6 is 10.0 Å². The van der Waals surface area contributed by atoms with Gasteiger partial charge in [-0.25, -0.2) is 10.0 Å². The van der Waals surface area contributed by atoms with E-state index in [1.165, 1.54) is 0 Å². The monoisotopic (exact) mass is 134 g/mol. The van der Waals surface area contributed by atoms with E-state index in [4.69, 9.17) is 4.74 Å². The first-order valence-corrected chi connectivity index (χ1v) is 5.76. The summed E-state index contributed by atoms with van der Waals surface area (Å²) in [5.41, 5.74) is 0.600. The number of hydrogen-bond donors (Lipinski definition) is 0. The maximum absolute atomic E-state index is 5.32. The molecule has 1 aliphatic rings. The summed E-state index contributed by atoms with van der Waals surface area (Å²) in [6, 6.07) is 0. The van der Waals surface area contributed by atoms with E-state index in [0.29, 0.717) is 11.5 Å². The van der Waals surface area contributed by atoms with Crippen molar-refractivity contribution in [3.63, 3.8) is 0 Å². The van der Waals surface area contributed by atoms with Gasteiger partial charge in [0.1, 0.15) is 5.44 Å². The highest BCUT2D eigenvalue weighted by Gasteiger charge is 2.40. The van der Waals surface area contributed by atoms with Crippen LogP contribution in [-0.4, -0.2) is 30.3 Å². The third-order valence-electron chi connectivity index (χ3n) is 1.35. The van der Waals surface area contributed by atoms with E-state index in [-0.39, 0.29) is 0 Å². The van der Waals surface area contributed by atoms with E-state index in [9.17, 15) is 0 Å². The molecule has 1 heterocycles. The standard InChI is InChI=1S/C6H14OS/c1-5-6(7-5)8(2,3)4/h5-6H,1-4H3. The van der Waals surface area contributed by atoms with Crippen molar-refractivity contribution in [1.29, 1.82) is 0 Å². The molecule has 0 aromatic heterocycles. The van der Waals surface area contributed by atoms with Crippen LogP contribution in [0.2, 0.25) is 0 Å². The van der Waals surface area contributed by atoms with Crippen molar-refractivity contribution >= 4 is 10.0 Å². The molecule has 0 aromatic carbocycles. The van der Waals surface area contributed by atoms with Crippen molar-refractivity contribution in [2.75, 3.05) is 18.8 Å². The molecule has 0 spiro atoms. The highest BCUT2D eigenvalue weighted by Crippen LogP contribution is 2.51.